The first-order chi connectivity index (χ1) is 8.39. The number of hydrogen-bond acceptors (Lipinski definition) is 1. The highest BCUT2D eigenvalue weighted by molar-refractivity contribution is 14.1. The van der Waals surface area contributed by atoms with E-state index in [0.29, 0.717) is 5.41 Å². The van der Waals surface area contributed by atoms with Gasteiger partial charge in [0.25, 0.3) is 5.91 Å². The van der Waals surface area contributed by atoms with Crippen LogP contribution in [-0.4, -0.2) is 23.9 Å². The molecular formula is C14H17FINO. The van der Waals surface area contributed by atoms with Crippen molar-refractivity contribution in [1.82, 2.24) is 4.90 Å². The van der Waals surface area contributed by atoms with Gasteiger partial charge in [-0.05, 0) is 59.0 Å². The van der Waals surface area contributed by atoms with Gasteiger partial charge in [-0.15, -0.1) is 0 Å². The van der Waals surface area contributed by atoms with Crippen molar-refractivity contribution in [1.29, 1.82) is 0 Å². The molecule has 2 nitrogen and oxygen atoms in total. The van der Waals surface area contributed by atoms with Crippen molar-refractivity contribution in [2.75, 3.05) is 13.1 Å². The summed E-state index contributed by atoms with van der Waals surface area (Å²) in [5.74, 6) is -0.601. The zero-order valence-electron chi connectivity index (χ0n) is 10.7. The number of nitrogens with zero attached hydrogens (tertiary/aromatic N) is 1. The largest absolute Gasteiger partial charge is 0.339 e. The number of piperidine rings is 1. The van der Waals surface area contributed by atoms with Crippen molar-refractivity contribution in [3.63, 3.8) is 0 Å². The van der Waals surface area contributed by atoms with E-state index < -0.39 is 5.82 Å². The number of likely N-dealkylation sites (tertiary alicyclic amines) is 1. The lowest BCUT2D eigenvalue weighted by Gasteiger charge is -2.37. The summed E-state index contributed by atoms with van der Waals surface area (Å²) in [6.45, 7) is 5.86. The summed E-state index contributed by atoms with van der Waals surface area (Å²) >= 11 is 2.04. The lowest BCUT2D eigenvalue weighted by atomic mass is 9.82. The molecule has 0 radical (unpaired) electrons. The van der Waals surface area contributed by atoms with Crippen LogP contribution in [0.15, 0.2) is 18.2 Å². The average molecular weight is 361 g/mol. The molecule has 0 saturated carbocycles. The van der Waals surface area contributed by atoms with Crippen LogP contribution in [0.2, 0.25) is 0 Å². The molecule has 98 valence electrons. The Labute approximate surface area is 121 Å². The number of carbonyl (C=O) groups is 1. The van der Waals surface area contributed by atoms with Gasteiger partial charge >= 0.3 is 0 Å². The molecule has 1 heterocycles. The monoisotopic (exact) mass is 361 g/mol. The van der Waals surface area contributed by atoms with Crippen LogP contribution in [0.5, 0.6) is 0 Å². The number of benzene rings is 1. The number of amides is 1. The smallest absolute Gasteiger partial charge is 0.256 e. The normalized spacial score (nSPS) is 18.8. The molecule has 1 fully saturated rings. The Hall–Kier alpha value is -0.650. The van der Waals surface area contributed by atoms with E-state index in [9.17, 15) is 9.18 Å². The predicted molar refractivity (Wildman–Crippen MR) is 78.0 cm³/mol. The van der Waals surface area contributed by atoms with E-state index in [4.69, 9.17) is 0 Å². The Morgan fingerprint density at radius 2 is 1.94 bits per heavy atom. The van der Waals surface area contributed by atoms with Crippen LogP contribution in [-0.2, 0) is 0 Å². The Morgan fingerprint density at radius 3 is 2.50 bits per heavy atom. The summed E-state index contributed by atoms with van der Waals surface area (Å²) in [6.07, 6.45) is 1.95. The maximum Gasteiger partial charge on any atom is 0.256 e. The first kappa shape index (κ1) is 13.8. The lowest BCUT2D eigenvalue weighted by molar-refractivity contribution is 0.0625. The van der Waals surface area contributed by atoms with Crippen LogP contribution in [0.1, 0.15) is 37.0 Å². The highest BCUT2D eigenvalue weighted by atomic mass is 127. The standard InChI is InChI=1S/C14H17FINO/c1-14(2)5-7-17(8-6-14)13(18)11-4-3-10(16)9-12(11)15/h3-4,9H,5-8H2,1-2H3. The molecule has 2 rings (SSSR count). The fraction of sp³-hybridized carbons (Fsp3) is 0.500. The molecule has 0 aliphatic carbocycles. The average Bonchev–Trinajstić information content (AvgIpc) is 2.28. The van der Waals surface area contributed by atoms with E-state index >= 15 is 0 Å². The third-order valence-electron chi connectivity index (χ3n) is 3.57. The predicted octanol–water partition coefficient (Wildman–Crippen LogP) is 3.69. The van der Waals surface area contributed by atoms with Crippen LogP contribution in [0.4, 0.5) is 4.39 Å². The zero-order chi connectivity index (χ0) is 13.3. The quantitative estimate of drug-likeness (QED) is 0.699. The fourth-order valence-electron chi connectivity index (χ4n) is 2.15. The molecule has 1 saturated heterocycles. The molecule has 18 heavy (non-hydrogen) atoms. The molecule has 0 bridgehead atoms. The maximum absolute atomic E-state index is 13.8. The molecule has 0 atom stereocenters. The summed E-state index contributed by atoms with van der Waals surface area (Å²) in [6, 6.07) is 4.76. The fourth-order valence-corrected chi connectivity index (χ4v) is 2.60. The van der Waals surface area contributed by atoms with E-state index in [0.717, 1.165) is 29.5 Å². The van der Waals surface area contributed by atoms with E-state index in [-0.39, 0.29) is 11.5 Å². The van der Waals surface area contributed by atoms with Crippen molar-refractivity contribution in [2.45, 2.75) is 26.7 Å². The van der Waals surface area contributed by atoms with Gasteiger partial charge in [0.05, 0.1) is 5.56 Å². The third-order valence-corrected chi connectivity index (χ3v) is 4.24. The molecule has 0 unspecified atom stereocenters. The third kappa shape index (κ3) is 3.02. The highest BCUT2D eigenvalue weighted by Gasteiger charge is 2.29. The van der Waals surface area contributed by atoms with E-state index in [2.05, 4.69) is 13.8 Å². The number of hydrogen-bond donors (Lipinski definition) is 0. The summed E-state index contributed by atoms with van der Waals surface area (Å²) < 4.78 is 14.6. The molecule has 1 aromatic rings. The molecule has 1 aliphatic heterocycles. The SMILES string of the molecule is CC1(C)CCN(C(=O)c2ccc(I)cc2F)CC1. The van der Waals surface area contributed by atoms with Gasteiger partial charge in [0.1, 0.15) is 5.82 Å². The second-order valence-electron chi connectivity index (χ2n) is 5.58. The zero-order valence-corrected chi connectivity index (χ0v) is 12.8. The Kier molecular flexibility index (Phi) is 3.94. The highest BCUT2D eigenvalue weighted by Crippen LogP contribution is 2.30. The minimum atomic E-state index is -0.420. The minimum absolute atomic E-state index is 0.181. The molecule has 0 spiro atoms. The topological polar surface area (TPSA) is 20.3 Å². The van der Waals surface area contributed by atoms with Crippen molar-refractivity contribution < 1.29 is 9.18 Å². The van der Waals surface area contributed by atoms with Crippen LogP contribution < -0.4 is 0 Å². The van der Waals surface area contributed by atoms with Crippen LogP contribution in [0, 0.1) is 14.8 Å². The molecule has 1 aromatic carbocycles. The van der Waals surface area contributed by atoms with Crippen LogP contribution in [0.3, 0.4) is 0 Å². The Balaban J connectivity index is 2.13. The number of carbonyl (C=O) groups excluding carboxylic acids is 1. The molecule has 1 amide bonds. The Morgan fingerprint density at radius 1 is 1.33 bits per heavy atom. The van der Waals surface area contributed by atoms with Gasteiger partial charge in [-0.1, -0.05) is 13.8 Å². The van der Waals surface area contributed by atoms with Gasteiger partial charge in [-0.25, -0.2) is 4.39 Å². The molecular weight excluding hydrogens is 344 g/mol. The van der Waals surface area contributed by atoms with E-state index in [1.165, 1.54) is 6.07 Å². The number of rotatable bonds is 1. The first-order valence-electron chi connectivity index (χ1n) is 6.13. The first-order valence-corrected chi connectivity index (χ1v) is 7.21. The molecule has 0 aromatic heterocycles. The van der Waals surface area contributed by atoms with Gasteiger partial charge in [0.2, 0.25) is 0 Å². The van der Waals surface area contributed by atoms with E-state index in [1.54, 1.807) is 17.0 Å². The summed E-state index contributed by atoms with van der Waals surface area (Å²) in [7, 11) is 0. The van der Waals surface area contributed by atoms with Gasteiger partial charge in [-0.3, -0.25) is 4.79 Å². The molecule has 4 heteroatoms. The molecule has 1 aliphatic rings. The van der Waals surface area contributed by atoms with Gasteiger partial charge < -0.3 is 4.90 Å². The van der Waals surface area contributed by atoms with Crippen molar-refractivity contribution in [3.8, 4) is 0 Å². The Bertz CT molecular complexity index is 463. The van der Waals surface area contributed by atoms with E-state index in [1.807, 2.05) is 22.6 Å². The van der Waals surface area contributed by atoms with Gasteiger partial charge in [-0.2, -0.15) is 0 Å². The second-order valence-corrected chi connectivity index (χ2v) is 6.83. The van der Waals surface area contributed by atoms with Crippen LogP contribution in [0.25, 0.3) is 0 Å². The summed E-state index contributed by atoms with van der Waals surface area (Å²) in [4.78, 5) is 14.0. The van der Waals surface area contributed by atoms with Crippen LogP contribution >= 0.6 is 22.6 Å². The van der Waals surface area contributed by atoms with Gasteiger partial charge in [0, 0.05) is 16.7 Å². The lowest BCUT2D eigenvalue weighted by Crippen LogP contribution is -2.41. The van der Waals surface area contributed by atoms with Crippen molar-refractivity contribution in [3.05, 3.63) is 33.1 Å². The summed E-state index contributed by atoms with van der Waals surface area (Å²) in [5, 5.41) is 0. The van der Waals surface area contributed by atoms with Crippen molar-refractivity contribution in [2.24, 2.45) is 5.41 Å². The minimum Gasteiger partial charge on any atom is -0.339 e. The summed E-state index contributed by atoms with van der Waals surface area (Å²) in [5.41, 5.74) is 0.483. The van der Waals surface area contributed by atoms with Gasteiger partial charge in [0.15, 0.2) is 0 Å². The molecule has 0 N–H and O–H groups in total. The number of halogens is 2. The van der Waals surface area contributed by atoms with Crippen molar-refractivity contribution >= 4 is 28.5 Å². The maximum atomic E-state index is 13.8. The second kappa shape index (κ2) is 5.15.